The lowest BCUT2D eigenvalue weighted by Crippen LogP contribution is -1.92. The Morgan fingerprint density at radius 2 is 2.55 bits per heavy atom. The standard InChI is InChI=1S/C9H9N2/c1-2-11-7-8-5-3-4-6-9(8)10-11/h4-7H,2H2,1H3. The molecule has 1 heterocycles. The van der Waals surface area contributed by atoms with Gasteiger partial charge in [-0.25, -0.2) is 0 Å². The van der Waals surface area contributed by atoms with Crippen molar-refractivity contribution in [3.63, 3.8) is 0 Å². The molecule has 0 fully saturated rings. The van der Waals surface area contributed by atoms with Crippen LogP contribution in [0.15, 0.2) is 24.4 Å². The maximum atomic E-state index is 4.33. The third-order valence-electron chi connectivity index (χ3n) is 1.72. The molecule has 0 atom stereocenters. The summed E-state index contributed by atoms with van der Waals surface area (Å²) in [6, 6.07) is 8.83. The van der Waals surface area contributed by atoms with Crippen molar-refractivity contribution in [1.82, 2.24) is 9.78 Å². The highest BCUT2D eigenvalue weighted by atomic mass is 15.3. The third-order valence-corrected chi connectivity index (χ3v) is 1.72. The minimum Gasteiger partial charge on any atom is -0.272 e. The first-order valence-corrected chi connectivity index (χ1v) is 3.73. The fourth-order valence-electron chi connectivity index (χ4n) is 1.12. The summed E-state index contributed by atoms with van der Waals surface area (Å²) in [5.41, 5.74) is 1.05. The molecule has 0 aliphatic carbocycles. The van der Waals surface area contributed by atoms with Crippen LogP contribution in [0.2, 0.25) is 0 Å². The van der Waals surface area contributed by atoms with Gasteiger partial charge in [0, 0.05) is 18.1 Å². The van der Waals surface area contributed by atoms with E-state index >= 15 is 0 Å². The van der Waals surface area contributed by atoms with Crippen LogP contribution in [-0.4, -0.2) is 9.78 Å². The molecule has 0 aliphatic rings. The highest BCUT2D eigenvalue weighted by Gasteiger charge is 1.95. The summed E-state index contributed by atoms with van der Waals surface area (Å²) in [5.74, 6) is 0. The Bertz CT molecular complexity index is 329. The fraction of sp³-hybridized carbons (Fsp3) is 0.222. The molecule has 0 amide bonds. The molecular weight excluding hydrogens is 136 g/mol. The van der Waals surface area contributed by atoms with E-state index in [2.05, 4.69) is 18.1 Å². The van der Waals surface area contributed by atoms with Gasteiger partial charge >= 0.3 is 0 Å². The summed E-state index contributed by atoms with van der Waals surface area (Å²) in [4.78, 5) is 0. The molecule has 0 bridgehead atoms. The van der Waals surface area contributed by atoms with Crippen LogP contribution in [0.25, 0.3) is 10.9 Å². The largest absolute Gasteiger partial charge is 0.272 e. The van der Waals surface area contributed by atoms with E-state index in [1.807, 2.05) is 29.1 Å². The van der Waals surface area contributed by atoms with Gasteiger partial charge < -0.3 is 0 Å². The normalized spacial score (nSPS) is 10.6. The first-order valence-electron chi connectivity index (χ1n) is 3.73. The van der Waals surface area contributed by atoms with Gasteiger partial charge in [-0.3, -0.25) is 4.68 Å². The Morgan fingerprint density at radius 3 is 3.27 bits per heavy atom. The average Bonchev–Trinajstić information content (AvgIpc) is 2.46. The SMILES string of the molecule is CCn1cc2c[c]ccc2n1. The van der Waals surface area contributed by atoms with E-state index in [1.165, 1.54) is 0 Å². The number of fused-ring (bicyclic) bond motifs is 1. The summed E-state index contributed by atoms with van der Waals surface area (Å²) < 4.78 is 1.93. The van der Waals surface area contributed by atoms with E-state index in [0.29, 0.717) is 0 Å². The maximum absolute atomic E-state index is 4.33. The monoisotopic (exact) mass is 145 g/mol. The van der Waals surface area contributed by atoms with Gasteiger partial charge in [-0.05, 0) is 25.1 Å². The highest BCUT2D eigenvalue weighted by Crippen LogP contribution is 2.09. The minimum atomic E-state index is 0.925. The van der Waals surface area contributed by atoms with Crippen LogP contribution in [-0.2, 0) is 6.54 Å². The van der Waals surface area contributed by atoms with Gasteiger partial charge in [-0.1, -0.05) is 6.07 Å². The van der Waals surface area contributed by atoms with Crippen LogP contribution in [0, 0.1) is 6.07 Å². The molecule has 11 heavy (non-hydrogen) atoms. The first-order chi connectivity index (χ1) is 5.40. The molecule has 0 saturated heterocycles. The number of nitrogens with zero attached hydrogens (tertiary/aromatic N) is 2. The number of benzene rings is 1. The van der Waals surface area contributed by atoms with Crippen molar-refractivity contribution < 1.29 is 0 Å². The third kappa shape index (κ3) is 1.00. The van der Waals surface area contributed by atoms with Crippen molar-refractivity contribution >= 4 is 10.9 Å². The summed E-state index contributed by atoms with van der Waals surface area (Å²) in [6.45, 7) is 3.00. The van der Waals surface area contributed by atoms with Gasteiger partial charge in [0.15, 0.2) is 0 Å². The lowest BCUT2D eigenvalue weighted by Gasteiger charge is -1.88. The molecule has 0 spiro atoms. The van der Waals surface area contributed by atoms with Gasteiger partial charge in [-0.2, -0.15) is 5.10 Å². The number of hydrogen-bond acceptors (Lipinski definition) is 1. The van der Waals surface area contributed by atoms with Crippen LogP contribution in [0.4, 0.5) is 0 Å². The van der Waals surface area contributed by atoms with E-state index in [9.17, 15) is 0 Å². The van der Waals surface area contributed by atoms with E-state index in [-0.39, 0.29) is 0 Å². The molecule has 2 rings (SSSR count). The van der Waals surface area contributed by atoms with E-state index in [4.69, 9.17) is 0 Å². The number of aryl methyl sites for hydroxylation is 1. The second-order valence-electron chi connectivity index (χ2n) is 2.47. The minimum absolute atomic E-state index is 0.925. The van der Waals surface area contributed by atoms with Crippen molar-refractivity contribution in [2.24, 2.45) is 0 Å². The van der Waals surface area contributed by atoms with Gasteiger partial charge in [0.05, 0.1) is 5.52 Å². The molecule has 0 unspecified atom stereocenters. The summed E-state index contributed by atoms with van der Waals surface area (Å²) >= 11 is 0. The van der Waals surface area contributed by atoms with Gasteiger partial charge in [-0.15, -0.1) is 0 Å². The Hall–Kier alpha value is -1.31. The molecule has 1 aromatic heterocycles. The maximum Gasteiger partial charge on any atom is 0.0923 e. The van der Waals surface area contributed by atoms with Crippen LogP contribution >= 0.6 is 0 Å². The van der Waals surface area contributed by atoms with Crippen molar-refractivity contribution in [3.05, 3.63) is 30.5 Å². The fourth-order valence-corrected chi connectivity index (χ4v) is 1.12. The Morgan fingerprint density at radius 1 is 1.64 bits per heavy atom. The van der Waals surface area contributed by atoms with E-state index in [0.717, 1.165) is 17.4 Å². The zero-order chi connectivity index (χ0) is 7.68. The molecule has 0 aliphatic heterocycles. The van der Waals surface area contributed by atoms with Gasteiger partial charge in [0.25, 0.3) is 0 Å². The molecule has 2 aromatic rings. The topological polar surface area (TPSA) is 17.8 Å². The molecule has 2 nitrogen and oxygen atoms in total. The smallest absolute Gasteiger partial charge is 0.0923 e. The van der Waals surface area contributed by atoms with Crippen LogP contribution in [0.1, 0.15) is 6.92 Å². The Kier molecular flexibility index (Phi) is 1.39. The van der Waals surface area contributed by atoms with Gasteiger partial charge in [0.1, 0.15) is 0 Å². The quantitative estimate of drug-likeness (QED) is 0.598. The molecule has 1 aromatic carbocycles. The zero-order valence-electron chi connectivity index (χ0n) is 6.41. The highest BCUT2D eigenvalue weighted by molar-refractivity contribution is 5.77. The molecular formula is C9H9N2. The number of aromatic nitrogens is 2. The van der Waals surface area contributed by atoms with Crippen LogP contribution in [0.5, 0.6) is 0 Å². The van der Waals surface area contributed by atoms with Crippen molar-refractivity contribution in [2.45, 2.75) is 13.5 Å². The van der Waals surface area contributed by atoms with Crippen molar-refractivity contribution in [2.75, 3.05) is 0 Å². The van der Waals surface area contributed by atoms with E-state index in [1.54, 1.807) is 0 Å². The zero-order valence-corrected chi connectivity index (χ0v) is 6.41. The molecule has 2 heteroatoms. The van der Waals surface area contributed by atoms with Gasteiger partial charge in [0.2, 0.25) is 0 Å². The summed E-state index contributed by atoms with van der Waals surface area (Å²) in [7, 11) is 0. The summed E-state index contributed by atoms with van der Waals surface area (Å²) in [6.07, 6.45) is 2.03. The van der Waals surface area contributed by atoms with Crippen LogP contribution < -0.4 is 0 Å². The van der Waals surface area contributed by atoms with Crippen molar-refractivity contribution in [1.29, 1.82) is 0 Å². The predicted molar refractivity (Wildman–Crippen MR) is 44.2 cm³/mol. The molecule has 55 valence electrons. The Labute approximate surface area is 65.5 Å². The summed E-state index contributed by atoms with van der Waals surface area (Å²) in [5, 5.41) is 5.49. The second kappa shape index (κ2) is 2.38. The molecule has 1 radical (unpaired) electrons. The number of rotatable bonds is 1. The van der Waals surface area contributed by atoms with Crippen LogP contribution in [0.3, 0.4) is 0 Å². The molecule has 0 N–H and O–H groups in total. The molecule has 0 saturated carbocycles. The first kappa shape index (κ1) is 6.40. The average molecular weight is 145 g/mol. The number of hydrogen-bond donors (Lipinski definition) is 0. The Balaban J connectivity index is 2.69. The predicted octanol–water partition coefficient (Wildman–Crippen LogP) is 1.86. The van der Waals surface area contributed by atoms with E-state index < -0.39 is 0 Å². The lowest BCUT2D eigenvalue weighted by molar-refractivity contribution is 0.668. The van der Waals surface area contributed by atoms with Crippen molar-refractivity contribution in [3.8, 4) is 0 Å². The second-order valence-corrected chi connectivity index (χ2v) is 2.47. The lowest BCUT2D eigenvalue weighted by atomic mass is 10.3.